The van der Waals surface area contributed by atoms with Crippen LogP contribution in [0.1, 0.15) is 30.1 Å². The van der Waals surface area contributed by atoms with E-state index in [0.29, 0.717) is 6.54 Å². The van der Waals surface area contributed by atoms with E-state index in [2.05, 4.69) is 0 Å². The SMILES string of the molecule is CCCCN(CC(N)=O)C(=O)c1cc(F)ccc1N. The lowest BCUT2D eigenvalue weighted by Gasteiger charge is -2.21. The zero-order chi connectivity index (χ0) is 14.4. The molecular weight excluding hydrogens is 249 g/mol. The van der Waals surface area contributed by atoms with Crippen molar-refractivity contribution in [2.45, 2.75) is 19.8 Å². The molecule has 0 spiro atoms. The van der Waals surface area contributed by atoms with E-state index in [1.165, 1.54) is 17.0 Å². The molecule has 4 N–H and O–H groups in total. The average Bonchev–Trinajstić information content (AvgIpc) is 2.36. The van der Waals surface area contributed by atoms with Crippen LogP contribution in [0.15, 0.2) is 18.2 Å². The quantitative estimate of drug-likeness (QED) is 0.757. The van der Waals surface area contributed by atoms with Crippen LogP contribution in [0.4, 0.5) is 10.1 Å². The lowest BCUT2D eigenvalue weighted by molar-refractivity contribution is -0.118. The van der Waals surface area contributed by atoms with E-state index in [9.17, 15) is 14.0 Å². The van der Waals surface area contributed by atoms with Crippen LogP contribution >= 0.6 is 0 Å². The first kappa shape index (κ1) is 14.9. The minimum atomic E-state index is -0.612. The maximum Gasteiger partial charge on any atom is 0.256 e. The van der Waals surface area contributed by atoms with Gasteiger partial charge in [0.15, 0.2) is 0 Å². The van der Waals surface area contributed by atoms with Gasteiger partial charge in [0.1, 0.15) is 5.82 Å². The predicted molar refractivity (Wildman–Crippen MR) is 70.8 cm³/mol. The van der Waals surface area contributed by atoms with Crippen LogP contribution in [0.5, 0.6) is 0 Å². The number of primary amides is 1. The molecule has 0 fully saturated rings. The molecule has 104 valence electrons. The van der Waals surface area contributed by atoms with Crippen LogP contribution in [0.25, 0.3) is 0 Å². The van der Waals surface area contributed by atoms with Crippen molar-refractivity contribution in [1.29, 1.82) is 0 Å². The monoisotopic (exact) mass is 267 g/mol. The number of carbonyl (C=O) groups excluding carboxylic acids is 2. The van der Waals surface area contributed by atoms with Crippen molar-refractivity contribution < 1.29 is 14.0 Å². The highest BCUT2D eigenvalue weighted by molar-refractivity contribution is 6.00. The molecule has 2 amide bonds. The van der Waals surface area contributed by atoms with Crippen LogP contribution in [-0.2, 0) is 4.79 Å². The molecule has 0 atom stereocenters. The van der Waals surface area contributed by atoms with E-state index < -0.39 is 17.6 Å². The van der Waals surface area contributed by atoms with E-state index >= 15 is 0 Å². The van der Waals surface area contributed by atoms with Gasteiger partial charge in [-0.15, -0.1) is 0 Å². The first-order valence-electron chi connectivity index (χ1n) is 6.08. The van der Waals surface area contributed by atoms with Crippen molar-refractivity contribution in [3.8, 4) is 0 Å². The van der Waals surface area contributed by atoms with Gasteiger partial charge in [-0.25, -0.2) is 4.39 Å². The number of nitrogens with zero attached hydrogens (tertiary/aromatic N) is 1. The third kappa shape index (κ3) is 4.24. The smallest absolute Gasteiger partial charge is 0.256 e. The van der Waals surface area contributed by atoms with Gasteiger partial charge in [0.2, 0.25) is 5.91 Å². The third-order valence-electron chi connectivity index (χ3n) is 2.66. The van der Waals surface area contributed by atoms with Gasteiger partial charge in [0.05, 0.1) is 12.1 Å². The lowest BCUT2D eigenvalue weighted by atomic mass is 10.1. The lowest BCUT2D eigenvalue weighted by Crippen LogP contribution is -2.39. The molecule has 1 rings (SSSR count). The van der Waals surface area contributed by atoms with Gasteiger partial charge in [-0.3, -0.25) is 9.59 Å². The van der Waals surface area contributed by atoms with Crippen molar-refractivity contribution in [2.75, 3.05) is 18.8 Å². The summed E-state index contributed by atoms with van der Waals surface area (Å²) in [5.41, 5.74) is 11.0. The molecule has 0 unspecified atom stereocenters. The van der Waals surface area contributed by atoms with E-state index in [4.69, 9.17) is 11.5 Å². The molecule has 0 aliphatic heterocycles. The second-order valence-electron chi connectivity index (χ2n) is 4.28. The number of unbranched alkanes of at least 4 members (excludes halogenated alkanes) is 1. The highest BCUT2D eigenvalue weighted by Crippen LogP contribution is 2.16. The van der Waals surface area contributed by atoms with Gasteiger partial charge in [-0.05, 0) is 24.6 Å². The Morgan fingerprint density at radius 1 is 1.37 bits per heavy atom. The maximum absolute atomic E-state index is 13.2. The second-order valence-corrected chi connectivity index (χ2v) is 4.28. The topological polar surface area (TPSA) is 89.4 Å². The summed E-state index contributed by atoms with van der Waals surface area (Å²) in [4.78, 5) is 24.5. The van der Waals surface area contributed by atoms with Crippen LogP contribution in [0, 0.1) is 5.82 Å². The number of hydrogen-bond donors (Lipinski definition) is 2. The summed E-state index contributed by atoms with van der Waals surface area (Å²) in [5.74, 6) is -1.64. The molecule has 0 saturated carbocycles. The highest BCUT2D eigenvalue weighted by Gasteiger charge is 2.19. The summed E-state index contributed by atoms with van der Waals surface area (Å²) in [6.45, 7) is 2.15. The number of benzene rings is 1. The minimum absolute atomic E-state index is 0.0531. The third-order valence-corrected chi connectivity index (χ3v) is 2.66. The Kier molecular flexibility index (Phi) is 5.29. The second kappa shape index (κ2) is 6.72. The molecule has 0 aliphatic carbocycles. The van der Waals surface area contributed by atoms with Gasteiger partial charge in [-0.2, -0.15) is 0 Å². The molecule has 0 radical (unpaired) electrons. The van der Waals surface area contributed by atoms with Crippen LogP contribution in [0.3, 0.4) is 0 Å². The molecule has 0 bridgehead atoms. The molecule has 1 aromatic rings. The van der Waals surface area contributed by atoms with Gasteiger partial charge in [-0.1, -0.05) is 13.3 Å². The van der Waals surface area contributed by atoms with Crippen molar-refractivity contribution in [1.82, 2.24) is 4.90 Å². The van der Waals surface area contributed by atoms with Gasteiger partial charge < -0.3 is 16.4 Å². The zero-order valence-electron chi connectivity index (χ0n) is 10.9. The molecule has 0 saturated heterocycles. The fourth-order valence-electron chi connectivity index (χ4n) is 1.67. The van der Waals surface area contributed by atoms with Crippen molar-refractivity contribution in [3.63, 3.8) is 0 Å². The Labute approximate surface area is 111 Å². The number of amides is 2. The molecule has 0 heterocycles. The number of nitrogens with two attached hydrogens (primary N) is 2. The van der Waals surface area contributed by atoms with Crippen molar-refractivity contribution >= 4 is 17.5 Å². The summed E-state index contributed by atoms with van der Waals surface area (Å²) in [5, 5.41) is 0. The highest BCUT2D eigenvalue weighted by atomic mass is 19.1. The van der Waals surface area contributed by atoms with Crippen LogP contribution < -0.4 is 11.5 Å². The molecule has 1 aromatic carbocycles. The summed E-state index contributed by atoms with van der Waals surface area (Å²) in [7, 11) is 0. The normalized spacial score (nSPS) is 10.2. The van der Waals surface area contributed by atoms with Gasteiger partial charge in [0, 0.05) is 12.2 Å². The molecule has 19 heavy (non-hydrogen) atoms. The number of halogens is 1. The van der Waals surface area contributed by atoms with E-state index in [1.807, 2.05) is 6.92 Å². The van der Waals surface area contributed by atoms with E-state index in [0.717, 1.165) is 18.9 Å². The summed E-state index contributed by atoms with van der Waals surface area (Å²) in [6.07, 6.45) is 1.59. The van der Waals surface area contributed by atoms with E-state index in [1.54, 1.807) is 0 Å². The Morgan fingerprint density at radius 2 is 2.05 bits per heavy atom. The molecule has 6 heteroatoms. The van der Waals surface area contributed by atoms with Gasteiger partial charge in [0.25, 0.3) is 5.91 Å². The fraction of sp³-hybridized carbons (Fsp3) is 0.385. The van der Waals surface area contributed by atoms with E-state index in [-0.39, 0.29) is 17.8 Å². The molecular formula is C13H18FN3O2. The van der Waals surface area contributed by atoms with Gasteiger partial charge >= 0.3 is 0 Å². The first-order chi connectivity index (χ1) is 8.95. The zero-order valence-corrected chi connectivity index (χ0v) is 10.9. The molecule has 0 aromatic heterocycles. The predicted octanol–water partition coefficient (Wildman–Crippen LogP) is 1.14. The summed E-state index contributed by atoms with van der Waals surface area (Å²) >= 11 is 0. The van der Waals surface area contributed by atoms with Crippen LogP contribution in [-0.4, -0.2) is 29.8 Å². The number of nitrogen functional groups attached to an aromatic ring is 1. The Hall–Kier alpha value is -2.11. The molecule has 0 aliphatic rings. The van der Waals surface area contributed by atoms with Crippen molar-refractivity contribution in [3.05, 3.63) is 29.6 Å². The van der Waals surface area contributed by atoms with Crippen LogP contribution in [0.2, 0.25) is 0 Å². The minimum Gasteiger partial charge on any atom is -0.398 e. The number of hydrogen-bond acceptors (Lipinski definition) is 3. The van der Waals surface area contributed by atoms with Crippen molar-refractivity contribution in [2.24, 2.45) is 5.73 Å². The Morgan fingerprint density at radius 3 is 2.63 bits per heavy atom. The fourth-order valence-corrected chi connectivity index (χ4v) is 1.67. The number of rotatable bonds is 6. The summed E-state index contributed by atoms with van der Waals surface area (Å²) < 4.78 is 13.2. The molecule has 5 nitrogen and oxygen atoms in total. The number of anilines is 1. The average molecular weight is 267 g/mol. The standard InChI is InChI=1S/C13H18FN3O2/c1-2-3-6-17(8-12(16)18)13(19)10-7-9(14)4-5-11(10)15/h4-5,7H,2-3,6,8,15H2,1H3,(H2,16,18). The number of carbonyl (C=O) groups is 2. The maximum atomic E-state index is 13.2. The largest absolute Gasteiger partial charge is 0.398 e. The summed E-state index contributed by atoms with van der Waals surface area (Å²) in [6, 6.07) is 3.57. The Bertz CT molecular complexity index is 477. The Balaban J connectivity index is 2.97. The first-order valence-corrected chi connectivity index (χ1v) is 6.08.